The number of likely N-dealkylation sites (N-methyl/N-ethyl adjacent to an activating group) is 1. The predicted molar refractivity (Wildman–Crippen MR) is 51.3 cm³/mol. The Kier molecular flexibility index (Phi) is 3.53. The predicted octanol–water partition coefficient (Wildman–Crippen LogP) is 1.80. The molecule has 0 spiro atoms. The lowest BCUT2D eigenvalue weighted by atomic mass is 9.78. The molecule has 1 N–H and O–H groups in total. The summed E-state index contributed by atoms with van der Waals surface area (Å²) in [6, 6.07) is 0. The van der Waals surface area contributed by atoms with Crippen molar-refractivity contribution in [2.45, 2.75) is 38.2 Å². The van der Waals surface area contributed by atoms with Gasteiger partial charge in [-0.05, 0) is 25.8 Å². The third kappa shape index (κ3) is 2.20. The molecule has 2 heteroatoms. The van der Waals surface area contributed by atoms with Crippen molar-refractivity contribution in [3.05, 3.63) is 0 Å². The van der Waals surface area contributed by atoms with Gasteiger partial charge in [0.15, 0.2) is 0 Å². The van der Waals surface area contributed by atoms with Crippen LogP contribution in [0.25, 0.3) is 0 Å². The van der Waals surface area contributed by atoms with Gasteiger partial charge in [0.1, 0.15) is 0 Å². The molecule has 12 heavy (non-hydrogen) atoms. The third-order valence-electron chi connectivity index (χ3n) is 2.98. The molecule has 0 bridgehead atoms. The van der Waals surface area contributed by atoms with Crippen LogP contribution in [0.2, 0.25) is 0 Å². The molecule has 0 saturated heterocycles. The summed E-state index contributed by atoms with van der Waals surface area (Å²) in [5.41, 5.74) is 0.131. The van der Waals surface area contributed by atoms with Crippen LogP contribution in [0.4, 0.5) is 0 Å². The Balaban J connectivity index is 2.51. The first-order valence-electron chi connectivity index (χ1n) is 4.92. The van der Waals surface area contributed by atoms with E-state index in [1.165, 1.54) is 25.7 Å². The normalized spacial score (nSPS) is 36.8. The van der Waals surface area contributed by atoms with E-state index < -0.39 is 0 Å². The fourth-order valence-electron chi connectivity index (χ4n) is 2.35. The van der Waals surface area contributed by atoms with Gasteiger partial charge in [-0.1, -0.05) is 19.8 Å². The van der Waals surface area contributed by atoms with Crippen molar-refractivity contribution in [1.29, 1.82) is 0 Å². The minimum atomic E-state index is 0.131. The fraction of sp³-hybridized carbons (Fsp3) is 1.00. The van der Waals surface area contributed by atoms with Crippen molar-refractivity contribution in [2.24, 2.45) is 5.92 Å². The highest BCUT2D eigenvalue weighted by molar-refractivity contribution is 4.88. The summed E-state index contributed by atoms with van der Waals surface area (Å²) in [4.78, 5) is 0. The van der Waals surface area contributed by atoms with E-state index in [4.69, 9.17) is 4.74 Å². The van der Waals surface area contributed by atoms with E-state index in [-0.39, 0.29) is 5.60 Å². The summed E-state index contributed by atoms with van der Waals surface area (Å²) in [6.45, 7) is 3.32. The van der Waals surface area contributed by atoms with Crippen molar-refractivity contribution in [2.75, 3.05) is 20.7 Å². The molecule has 0 aromatic carbocycles. The Morgan fingerprint density at radius 1 is 1.58 bits per heavy atom. The molecular formula is C10H21NO. The first kappa shape index (κ1) is 10.0. The molecule has 1 rings (SSSR count). The average Bonchev–Trinajstić information content (AvgIpc) is 2.05. The van der Waals surface area contributed by atoms with Crippen LogP contribution in [0, 0.1) is 5.92 Å². The topological polar surface area (TPSA) is 21.3 Å². The molecule has 2 nitrogen and oxygen atoms in total. The zero-order valence-corrected chi connectivity index (χ0v) is 8.52. The van der Waals surface area contributed by atoms with Crippen molar-refractivity contribution < 1.29 is 4.74 Å². The molecule has 1 saturated carbocycles. The maximum absolute atomic E-state index is 5.63. The standard InChI is InChI=1S/C10H21NO/c1-9-5-4-6-10(7-9,12-3)8-11-2/h9,11H,4-8H2,1-3H3. The Morgan fingerprint density at radius 3 is 2.83 bits per heavy atom. The number of rotatable bonds is 3. The maximum Gasteiger partial charge on any atom is 0.0804 e. The Hall–Kier alpha value is -0.0800. The lowest BCUT2D eigenvalue weighted by Crippen LogP contribution is -2.44. The Morgan fingerprint density at radius 2 is 2.33 bits per heavy atom. The smallest absolute Gasteiger partial charge is 0.0804 e. The second kappa shape index (κ2) is 4.24. The number of methoxy groups -OCH3 is 1. The van der Waals surface area contributed by atoms with Gasteiger partial charge < -0.3 is 10.1 Å². The van der Waals surface area contributed by atoms with Crippen LogP contribution in [0.3, 0.4) is 0 Å². The quantitative estimate of drug-likeness (QED) is 0.699. The van der Waals surface area contributed by atoms with Crippen LogP contribution in [0.5, 0.6) is 0 Å². The molecule has 0 heterocycles. The van der Waals surface area contributed by atoms with Gasteiger partial charge in [0.25, 0.3) is 0 Å². The number of ether oxygens (including phenoxy) is 1. The molecule has 72 valence electrons. The van der Waals surface area contributed by atoms with Gasteiger partial charge in [-0.25, -0.2) is 0 Å². The van der Waals surface area contributed by atoms with Crippen molar-refractivity contribution in [3.8, 4) is 0 Å². The zero-order valence-electron chi connectivity index (χ0n) is 8.52. The number of nitrogens with one attached hydrogen (secondary N) is 1. The molecule has 1 fully saturated rings. The van der Waals surface area contributed by atoms with Gasteiger partial charge in [0, 0.05) is 13.7 Å². The maximum atomic E-state index is 5.63. The minimum Gasteiger partial charge on any atom is -0.377 e. The summed E-state index contributed by atoms with van der Waals surface area (Å²) in [5.74, 6) is 0.826. The Bertz CT molecular complexity index is 134. The lowest BCUT2D eigenvalue weighted by molar-refractivity contribution is -0.0494. The summed E-state index contributed by atoms with van der Waals surface area (Å²) in [7, 11) is 3.84. The summed E-state index contributed by atoms with van der Waals surface area (Å²) in [5, 5.41) is 3.22. The van der Waals surface area contributed by atoms with Crippen LogP contribution in [-0.4, -0.2) is 26.3 Å². The summed E-state index contributed by atoms with van der Waals surface area (Å²) in [6.07, 6.45) is 5.12. The van der Waals surface area contributed by atoms with Gasteiger partial charge in [-0.2, -0.15) is 0 Å². The average molecular weight is 171 g/mol. The molecule has 0 amide bonds. The van der Waals surface area contributed by atoms with Gasteiger partial charge in [0.05, 0.1) is 5.60 Å². The monoisotopic (exact) mass is 171 g/mol. The Labute approximate surface area is 75.7 Å². The van der Waals surface area contributed by atoms with Crippen molar-refractivity contribution in [1.82, 2.24) is 5.32 Å². The second-order valence-corrected chi connectivity index (χ2v) is 4.12. The van der Waals surface area contributed by atoms with E-state index in [1.54, 1.807) is 0 Å². The van der Waals surface area contributed by atoms with Gasteiger partial charge in [0.2, 0.25) is 0 Å². The van der Waals surface area contributed by atoms with E-state index in [1.807, 2.05) is 14.2 Å². The van der Waals surface area contributed by atoms with Crippen LogP contribution in [0.15, 0.2) is 0 Å². The molecule has 0 aromatic rings. The third-order valence-corrected chi connectivity index (χ3v) is 2.98. The van der Waals surface area contributed by atoms with Crippen LogP contribution in [0.1, 0.15) is 32.6 Å². The molecular weight excluding hydrogens is 150 g/mol. The lowest BCUT2D eigenvalue weighted by Gasteiger charge is -2.38. The highest BCUT2D eigenvalue weighted by Gasteiger charge is 2.33. The van der Waals surface area contributed by atoms with Crippen molar-refractivity contribution >= 4 is 0 Å². The van der Waals surface area contributed by atoms with Gasteiger partial charge in [-0.15, -0.1) is 0 Å². The largest absolute Gasteiger partial charge is 0.377 e. The number of hydrogen-bond acceptors (Lipinski definition) is 2. The van der Waals surface area contributed by atoms with Gasteiger partial charge >= 0.3 is 0 Å². The molecule has 2 unspecified atom stereocenters. The molecule has 0 radical (unpaired) electrons. The number of hydrogen-bond donors (Lipinski definition) is 1. The van der Waals surface area contributed by atoms with Crippen LogP contribution < -0.4 is 5.32 Å². The first-order chi connectivity index (χ1) is 5.72. The summed E-state index contributed by atoms with van der Waals surface area (Å²) >= 11 is 0. The van der Waals surface area contributed by atoms with E-state index in [9.17, 15) is 0 Å². The molecule has 0 aliphatic heterocycles. The van der Waals surface area contributed by atoms with Crippen molar-refractivity contribution in [3.63, 3.8) is 0 Å². The first-order valence-corrected chi connectivity index (χ1v) is 4.92. The van der Waals surface area contributed by atoms with Gasteiger partial charge in [-0.3, -0.25) is 0 Å². The highest BCUT2D eigenvalue weighted by atomic mass is 16.5. The van der Waals surface area contributed by atoms with E-state index in [0.29, 0.717) is 0 Å². The van der Waals surface area contributed by atoms with E-state index in [0.717, 1.165) is 12.5 Å². The molecule has 1 aliphatic rings. The van der Waals surface area contributed by atoms with E-state index in [2.05, 4.69) is 12.2 Å². The molecule has 0 aromatic heterocycles. The highest BCUT2D eigenvalue weighted by Crippen LogP contribution is 2.34. The van der Waals surface area contributed by atoms with Crippen LogP contribution in [-0.2, 0) is 4.74 Å². The van der Waals surface area contributed by atoms with Crippen LogP contribution >= 0.6 is 0 Å². The fourth-order valence-corrected chi connectivity index (χ4v) is 2.35. The molecule has 1 aliphatic carbocycles. The SMILES string of the molecule is CNCC1(OC)CCCC(C)C1. The molecule has 2 atom stereocenters. The second-order valence-electron chi connectivity index (χ2n) is 4.12. The summed E-state index contributed by atoms with van der Waals surface area (Å²) < 4.78 is 5.63. The minimum absolute atomic E-state index is 0.131. The zero-order chi connectivity index (χ0) is 9.03. The van der Waals surface area contributed by atoms with E-state index >= 15 is 0 Å².